The fourth-order valence-corrected chi connectivity index (χ4v) is 3.80. The van der Waals surface area contributed by atoms with Gasteiger partial charge in [-0.3, -0.25) is 14.2 Å². The fraction of sp³-hybridized carbons (Fsp3) is 0.364. The quantitative estimate of drug-likeness (QED) is 0.603. The first kappa shape index (κ1) is 19.9. The summed E-state index contributed by atoms with van der Waals surface area (Å²) >= 11 is 0. The minimum atomic E-state index is -0.301. The number of hydrogen-bond donors (Lipinski definition) is 1. The van der Waals surface area contributed by atoms with Crippen molar-refractivity contribution in [1.82, 2.24) is 24.3 Å². The van der Waals surface area contributed by atoms with E-state index in [1.54, 1.807) is 18.3 Å². The van der Waals surface area contributed by atoms with Crippen LogP contribution in [-0.4, -0.2) is 50.5 Å². The van der Waals surface area contributed by atoms with Crippen LogP contribution < -0.4 is 11.0 Å². The van der Waals surface area contributed by atoms with Gasteiger partial charge in [0.1, 0.15) is 6.54 Å². The Morgan fingerprint density at radius 3 is 2.70 bits per heavy atom. The van der Waals surface area contributed by atoms with Gasteiger partial charge in [0.05, 0.1) is 11.2 Å². The van der Waals surface area contributed by atoms with E-state index >= 15 is 0 Å². The minimum Gasteiger partial charge on any atom is -0.354 e. The number of rotatable bonds is 7. The predicted molar refractivity (Wildman–Crippen MR) is 114 cm³/mol. The van der Waals surface area contributed by atoms with Crippen LogP contribution in [0.4, 0.5) is 0 Å². The zero-order valence-electron chi connectivity index (χ0n) is 17.0. The monoisotopic (exact) mass is 407 g/mol. The third kappa shape index (κ3) is 3.98. The van der Waals surface area contributed by atoms with Crippen LogP contribution in [0.15, 0.2) is 47.4 Å². The molecule has 0 aliphatic carbocycles. The van der Waals surface area contributed by atoms with Crippen LogP contribution in [0, 0.1) is 6.92 Å². The van der Waals surface area contributed by atoms with Crippen LogP contribution in [0.1, 0.15) is 24.8 Å². The molecule has 156 valence electrons. The average Bonchev–Trinajstić information content (AvgIpc) is 3.27. The fourth-order valence-electron chi connectivity index (χ4n) is 3.80. The Kier molecular flexibility index (Phi) is 5.65. The first-order valence-corrected chi connectivity index (χ1v) is 10.2. The molecule has 4 rings (SSSR count). The van der Waals surface area contributed by atoms with Crippen LogP contribution in [0.25, 0.3) is 16.9 Å². The second kappa shape index (κ2) is 8.52. The molecule has 0 atom stereocenters. The first-order valence-electron chi connectivity index (χ1n) is 10.2. The molecule has 3 heterocycles. The van der Waals surface area contributed by atoms with Gasteiger partial charge in [-0.05, 0) is 44.0 Å². The molecular formula is C22H25N5O3. The Balaban J connectivity index is 1.48. The van der Waals surface area contributed by atoms with Crippen LogP contribution in [0.5, 0.6) is 0 Å². The van der Waals surface area contributed by atoms with Gasteiger partial charge in [0.2, 0.25) is 11.8 Å². The number of nitrogens with one attached hydrogen (secondary N) is 1. The summed E-state index contributed by atoms with van der Waals surface area (Å²) in [4.78, 5) is 43.4. The smallest absolute Gasteiger partial charge is 0.335 e. The van der Waals surface area contributed by atoms with Crippen molar-refractivity contribution in [2.75, 3.05) is 19.6 Å². The summed E-state index contributed by atoms with van der Waals surface area (Å²) in [5.41, 5.74) is 2.64. The number of carbonyl (C=O) groups is 2. The van der Waals surface area contributed by atoms with Crippen molar-refractivity contribution in [3.05, 3.63) is 58.6 Å². The van der Waals surface area contributed by atoms with Gasteiger partial charge < -0.3 is 10.2 Å². The predicted octanol–water partition coefficient (Wildman–Crippen LogP) is 1.62. The van der Waals surface area contributed by atoms with Gasteiger partial charge in [0.15, 0.2) is 5.65 Å². The van der Waals surface area contributed by atoms with Gasteiger partial charge in [-0.1, -0.05) is 17.7 Å². The van der Waals surface area contributed by atoms with E-state index in [4.69, 9.17) is 0 Å². The molecule has 2 aromatic heterocycles. The highest BCUT2D eigenvalue weighted by Gasteiger charge is 2.20. The average molecular weight is 407 g/mol. The van der Waals surface area contributed by atoms with Gasteiger partial charge in [0.25, 0.3) is 0 Å². The van der Waals surface area contributed by atoms with E-state index in [0.29, 0.717) is 42.8 Å². The maximum Gasteiger partial charge on any atom is 0.335 e. The minimum absolute atomic E-state index is 0.0808. The third-order valence-electron chi connectivity index (χ3n) is 5.38. The molecule has 1 fully saturated rings. The Hall–Kier alpha value is -3.42. The number of nitrogens with zero attached hydrogens (tertiary/aromatic N) is 4. The number of carbonyl (C=O) groups excluding carboxylic acids is 2. The lowest BCUT2D eigenvalue weighted by atomic mass is 10.2. The maximum atomic E-state index is 13.1. The Morgan fingerprint density at radius 2 is 1.97 bits per heavy atom. The highest BCUT2D eigenvalue weighted by Crippen LogP contribution is 2.16. The molecule has 1 saturated heterocycles. The molecule has 0 radical (unpaired) electrons. The van der Waals surface area contributed by atoms with Crippen LogP contribution in [-0.2, 0) is 16.1 Å². The second-order valence-corrected chi connectivity index (χ2v) is 7.57. The van der Waals surface area contributed by atoms with E-state index in [9.17, 15) is 14.4 Å². The number of aromatic nitrogens is 3. The summed E-state index contributed by atoms with van der Waals surface area (Å²) < 4.78 is 2.97. The lowest BCUT2D eigenvalue weighted by Crippen LogP contribution is -2.35. The summed E-state index contributed by atoms with van der Waals surface area (Å²) in [6.07, 6.45) is 3.86. The zero-order valence-corrected chi connectivity index (χ0v) is 17.0. The molecule has 0 spiro atoms. The van der Waals surface area contributed by atoms with Crippen LogP contribution in [0.3, 0.4) is 0 Å². The van der Waals surface area contributed by atoms with E-state index in [0.717, 1.165) is 18.5 Å². The number of amides is 2. The van der Waals surface area contributed by atoms with Crippen molar-refractivity contribution in [2.45, 2.75) is 32.7 Å². The third-order valence-corrected chi connectivity index (χ3v) is 5.38. The number of fused-ring (bicyclic) bond motifs is 1. The highest BCUT2D eigenvalue weighted by atomic mass is 16.2. The molecule has 8 nitrogen and oxygen atoms in total. The molecular weight excluding hydrogens is 382 g/mol. The largest absolute Gasteiger partial charge is 0.354 e. The van der Waals surface area contributed by atoms with Crippen LogP contribution in [0.2, 0.25) is 0 Å². The standard InChI is InChI=1S/C22H25N5O3/c1-16-7-9-17(10-8-16)27-21-18(5-2-11-24-21)26(22(27)30)15-19(28)23-12-4-14-25-13-3-6-20(25)29/h2,5,7-11H,3-4,6,12-15H2,1H3,(H,23,28). The summed E-state index contributed by atoms with van der Waals surface area (Å²) in [7, 11) is 0. The number of imidazole rings is 1. The van der Waals surface area contributed by atoms with E-state index in [-0.39, 0.29) is 24.0 Å². The van der Waals surface area contributed by atoms with Crippen LogP contribution >= 0.6 is 0 Å². The van der Waals surface area contributed by atoms with Gasteiger partial charge in [0, 0.05) is 32.3 Å². The normalized spacial score (nSPS) is 13.9. The van der Waals surface area contributed by atoms with Crippen molar-refractivity contribution in [3.63, 3.8) is 0 Å². The second-order valence-electron chi connectivity index (χ2n) is 7.57. The SMILES string of the molecule is Cc1ccc(-n2c(=O)n(CC(=O)NCCCN3CCCC3=O)c3cccnc32)cc1. The molecule has 3 aromatic rings. The summed E-state index contributed by atoms with van der Waals surface area (Å²) in [6, 6.07) is 11.2. The lowest BCUT2D eigenvalue weighted by Gasteiger charge is -2.15. The van der Waals surface area contributed by atoms with E-state index in [2.05, 4.69) is 10.3 Å². The number of likely N-dealkylation sites (tertiary alicyclic amines) is 1. The Bertz CT molecular complexity index is 1130. The highest BCUT2D eigenvalue weighted by molar-refractivity contribution is 5.80. The van der Waals surface area contributed by atoms with Crippen molar-refractivity contribution < 1.29 is 9.59 Å². The lowest BCUT2D eigenvalue weighted by molar-refractivity contribution is -0.127. The van der Waals surface area contributed by atoms with Gasteiger partial charge in [-0.2, -0.15) is 0 Å². The number of pyridine rings is 1. The molecule has 1 aliphatic heterocycles. The van der Waals surface area contributed by atoms with Crippen molar-refractivity contribution >= 4 is 23.0 Å². The molecule has 1 aromatic carbocycles. The van der Waals surface area contributed by atoms with Gasteiger partial charge in [-0.15, -0.1) is 0 Å². The van der Waals surface area contributed by atoms with E-state index in [1.807, 2.05) is 36.1 Å². The summed E-state index contributed by atoms with van der Waals surface area (Å²) in [5.74, 6) is -0.0547. The summed E-state index contributed by atoms with van der Waals surface area (Å²) in [5, 5.41) is 2.85. The van der Waals surface area contributed by atoms with Gasteiger partial charge in [-0.25, -0.2) is 14.3 Å². The van der Waals surface area contributed by atoms with Crippen molar-refractivity contribution in [3.8, 4) is 5.69 Å². The van der Waals surface area contributed by atoms with Crippen molar-refractivity contribution in [2.24, 2.45) is 0 Å². The Morgan fingerprint density at radius 1 is 1.17 bits per heavy atom. The molecule has 2 amide bonds. The maximum absolute atomic E-state index is 13.1. The zero-order chi connectivity index (χ0) is 21.1. The summed E-state index contributed by atoms with van der Waals surface area (Å²) in [6.45, 7) is 3.82. The molecule has 0 bridgehead atoms. The number of aryl methyl sites for hydroxylation is 1. The molecule has 1 N–H and O–H groups in total. The van der Waals surface area contributed by atoms with E-state index < -0.39 is 0 Å². The molecule has 30 heavy (non-hydrogen) atoms. The Labute approximate surface area is 174 Å². The van der Waals surface area contributed by atoms with E-state index in [1.165, 1.54) is 9.13 Å². The number of benzene rings is 1. The molecule has 8 heteroatoms. The van der Waals surface area contributed by atoms with Gasteiger partial charge >= 0.3 is 5.69 Å². The molecule has 0 unspecified atom stereocenters. The first-order chi connectivity index (χ1) is 14.5. The molecule has 1 aliphatic rings. The topological polar surface area (TPSA) is 89.2 Å². The number of hydrogen-bond acceptors (Lipinski definition) is 4. The molecule has 0 saturated carbocycles. The van der Waals surface area contributed by atoms with Crippen molar-refractivity contribution in [1.29, 1.82) is 0 Å².